The van der Waals surface area contributed by atoms with E-state index in [1.807, 2.05) is 50.2 Å². The summed E-state index contributed by atoms with van der Waals surface area (Å²) in [6.07, 6.45) is 0.397. The molecule has 0 spiro atoms. The molecule has 0 aliphatic rings. The normalized spacial score (nSPS) is 10.4. The average Bonchev–Trinajstić information content (AvgIpc) is 2.43. The van der Waals surface area contributed by atoms with Gasteiger partial charge >= 0.3 is 0 Å². The van der Waals surface area contributed by atoms with E-state index in [4.69, 9.17) is 4.74 Å². The lowest BCUT2D eigenvalue weighted by Crippen LogP contribution is -2.07. The Morgan fingerprint density at radius 1 is 1.15 bits per heavy atom. The van der Waals surface area contributed by atoms with Crippen LogP contribution in [0.5, 0.6) is 5.75 Å². The van der Waals surface area contributed by atoms with Gasteiger partial charge in [-0.05, 0) is 48.7 Å². The molecule has 0 bridgehead atoms. The summed E-state index contributed by atoms with van der Waals surface area (Å²) >= 11 is 3.48. The minimum atomic E-state index is 0.125. The fraction of sp³-hybridized carbons (Fsp3) is 0.235. The van der Waals surface area contributed by atoms with Crippen LogP contribution < -0.4 is 4.74 Å². The van der Waals surface area contributed by atoms with Gasteiger partial charge in [-0.1, -0.05) is 34.1 Å². The molecule has 104 valence electrons. The van der Waals surface area contributed by atoms with Gasteiger partial charge in [-0.3, -0.25) is 4.79 Å². The van der Waals surface area contributed by atoms with Crippen molar-refractivity contribution in [1.82, 2.24) is 0 Å². The number of hydrogen-bond donors (Lipinski definition) is 0. The maximum Gasteiger partial charge on any atom is 0.167 e. The van der Waals surface area contributed by atoms with Gasteiger partial charge in [-0.25, -0.2) is 0 Å². The second-order valence-corrected chi connectivity index (χ2v) is 5.68. The summed E-state index contributed by atoms with van der Waals surface area (Å²) in [5, 5.41) is 0. The first kappa shape index (κ1) is 14.8. The number of benzene rings is 2. The topological polar surface area (TPSA) is 26.3 Å². The Labute approximate surface area is 127 Å². The Morgan fingerprint density at radius 2 is 1.85 bits per heavy atom. The number of hydrogen-bond acceptors (Lipinski definition) is 2. The van der Waals surface area contributed by atoms with Crippen molar-refractivity contribution in [2.75, 3.05) is 7.11 Å². The molecule has 0 aliphatic carbocycles. The molecule has 0 radical (unpaired) electrons. The summed E-state index contributed by atoms with van der Waals surface area (Å²) in [4.78, 5) is 12.5. The number of aryl methyl sites for hydroxylation is 2. The number of ketones is 1. The average molecular weight is 333 g/mol. The molecule has 20 heavy (non-hydrogen) atoms. The van der Waals surface area contributed by atoms with Crippen LogP contribution >= 0.6 is 15.9 Å². The third-order valence-electron chi connectivity index (χ3n) is 3.35. The van der Waals surface area contributed by atoms with Crippen LogP contribution in [0.2, 0.25) is 0 Å². The van der Waals surface area contributed by atoms with Crippen LogP contribution in [0.3, 0.4) is 0 Å². The number of rotatable bonds is 4. The van der Waals surface area contributed by atoms with Gasteiger partial charge in [-0.2, -0.15) is 0 Å². The zero-order valence-corrected chi connectivity index (χ0v) is 13.5. The third-order valence-corrected chi connectivity index (χ3v) is 4.12. The number of methoxy groups -OCH3 is 1. The molecule has 0 amide bonds. The van der Waals surface area contributed by atoms with E-state index >= 15 is 0 Å². The van der Waals surface area contributed by atoms with Crippen LogP contribution in [0.15, 0.2) is 40.9 Å². The van der Waals surface area contributed by atoms with Crippen LogP contribution in [0, 0.1) is 13.8 Å². The molecule has 0 aromatic heterocycles. The van der Waals surface area contributed by atoms with Gasteiger partial charge in [0.15, 0.2) is 5.78 Å². The monoisotopic (exact) mass is 332 g/mol. The summed E-state index contributed by atoms with van der Waals surface area (Å²) in [5.41, 5.74) is 3.70. The minimum absolute atomic E-state index is 0.125. The first-order valence-electron chi connectivity index (χ1n) is 6.44. The number of Topliss-reactive ketones (excluding diaryl/α,β-unsaturated/α-hetero) is 1. The lowest BCUT2D eigenvalue weighted by Gasteiger charge is -2.11. The quantitative estimate of drug-likeness (QED) is 0.770. The van der Waals surface area contributed by atoms with Crippen molar-refractivity contribution < 1.29 is 9.53 Å². The van der Waals surface area contributed by atoms with E-state index in [1.165, 1.54) is 0 Å². The molecular weight excluding hydrogens is 316 g/mol. The zero-order valence-electron chi connectivity index (χ0n) is 11.9. The lowest BCUT2D eigenvalue weighted by atomic mass is 9.97. The summed E-state index contributed by atoms with van der Waals surface area (Å²) < 4.78 is 6.25. The predicted octanol–water partition coefficient (Wildman–Crippen LogP) is 4.50. The molecule has 0 N–H and O–H groups in total. The van der Waals surface area contributed by atoms with E-state index in [9.17, 15) is 4.79 Å². The Kier molecular flexibility index (Phi) is 4.61. The molecule has 2 aromatic rings. The van der Waals surface area contributed by atoms with Crippen LogP contribution in [0.4, 0.5) is 0 Å². The SMILES string of the molecule is COc1cc(C)c(C(=O)Cc2ccccc2Br)cc1C. The third kappa shape index (κ3) is 3.10. The molecule has 0 atom stereocenters. The highest BCUT2D eigenvalue weighted by Crippen LogP contribution is 2.24. The van der Waals surface area contributed by atoms with Gasteiger partial charge in [0.05, 0.1) is 7.11 Å². The first-order chi connectivity index (χ1) is 9.52. The first-order valence-corrected chi connectivity index (χ1v) is 7.24. The fourth-order valence-corrected chi connectivity index (χ4v) is 2.64. The van der Waals surface area contributed by atoms with Crippen molar-refractivity contribution in [2.45, 2.75) is 20.3 Å². The Bertz CT molecular complexity index is 647. The van der Waals surface area contributed by atoms with Crippen LogP contribution in [0.1, 0.15) is 27.0 Å². The molecule has 0 unspecified atom stereocenters. The number of carbonyl (C=O) groups excluding carboxylic acids is 1. The number of carbonyl (C=O) groups is 1. The van der Waals surface area contributed by atoms with Crippen molar-refractivity contribution in [3.05, 3.63) is 63.1 Å². The van der Waals surface area contributed by atoms with Crippen molar-refractivity contribution in [1.29, 1.82) is 0 Å². The second kappa shape index (κ2) is 6.23. The van der Waals surface area contributed by atoms with E-state index in [2.05, 4.69) is 15.9 Å². The van der Waals surface area contributed by atoms with E-state index in [1.54, 1.807) is 7.11 Å². The van der Waals surface area contributed by atoms with Crippen molar-refractivity contribution in [2.24, 2.45) is 0 Å². The Morgan fingerprint density at radius 3 is 2.50 bits per heavy atom. The highest BCUT2D eigenvalue weighted by molar-refractivity contribution is 9.10. The van der Waals surface area contributed by atoms with E-state index in [0.717, 1.165) is 32.5 Å². The molecule has 2 nitrogen and oxygen atoms in total. The van der Waals surface area contributed by atoms with Gasteiger partial charge in [0, 0.05) is 16.5 Å². The van der Waals surface area contributed by atoms with Crippen LogP contribution in [0.25, 0.3) is 0 Å². The molecule has 0 saturated heterocycles. The van der Waals surface area contributed by atoms with Crippen molar-refractivity contribution in [3.8, 4) is 5.75 Å². The largest absolute Gasteiger partial charge is 0.496 e. The molecular formula is C17H17BrO2. The highest BCUT2D eigenvalue weighted by atomic mass is 79.9. The van der Waals surface area contributed by atoms with E-state index in [-0.39, 0.29) is 5.78 Å². The molecule has 3 heteroatoms. The van der Waals surface area contributed by atoms with Crippen LogP contribution in [-0.4, -0.2) is 12.9 Å². The van der Waals surface area contributed by atoms with Gasteiger partial charge in [-0.15, -0.1) is 0 Å². The molecule has 0 fully saturated rings. The predicted molar refractivity (Wildman–Crippen MR) is 84.6 cm³/mol. The summed E-state index contributed by atoms with van der Waals surface area (Å²) in [6.45, 7) is 3.89. The molecule has 0 saturated carbocycles. The van der Waals surface area contributed by atoms with Gasteiger partial charge in [0.1, 0.15) is 5.75 Å². The second-order valence-electron chi connectivity index (χ2n) is 4.83. The molecule has 0 aliphatic heterocycles. The summed E-state index contributed by atoms with van der Waals surface area (Å²) in [6, 6.07) is 11.6. The lowest BCUT2D eigenvalue weighted by molar-refractivity contribution is 0.0992. The minimum Gasteiger partial charge on any atom is -0.496 e. The molecule has 2 rings (SSSR count). The van der Waals surface area contributed by atoms with Crippen molar-refractivity contribution in [3.63, 3.8) is 0 Å². The standard InChI is InChI=1S/C17H17BrO2/c1-11-9-17(20-3)12(2)8-14(11)16(19)10-13-6-4-5-7-15(13)18/h4-9H,10H2,1-3H3. The maximum absolute atomic E-state index is 12.5. The Balaban J connectivity index is 2.30. The van der Waals surface area contributed by atoms with Gasteiger partial charge in [0.2, 0.25) is 0 Å². The smallest absolute Gasteiger partial charge is 0.167 e. The zero-order chi connectivity index (χ0) is 14.7. The molecule has 2 aromatic carbocycles. The fourth-order valence-electron chi connectivity index (χ4n) is 2.22. The molecule has 0 heterocycles. The Hall–Kier alpha value is -1.61. The number of ether oxygens (including phenoxy) is 1. The van der Waals surface area contributed by atoms with E-state index in [0.29, 0.717) is 6.42 Å². The van der Waals surface area contributed by atoms with Crippen LogP contribution in [-0.2, 0) is 6.42 Å². The van der Waals surface area contributed by atoms with Crippen molar-refractivity contribution >= 4 is 21.7 Å². The number of halogens is 1. The van der Waals surface area contributed by atoms with E-state index < -0.39 is 0 Å². The van der Waals surface area contributed by atoms with Gasteiger partial charge < -0.3 is 4.74 Å². The summed E-state index contributed by atoms with van der Waals surface area (Å²) in [5.74, 6) is 0.945. The summed E-state index contributed by atoms with van der Waals surface area (Å²) in [7, 11) is 1.64. The van der Waals surface area contributed by atoms with Gasteiger partial charge in [0.25, 0.3) is 0 Å². The highest BCUT2D eigenvalue weighted by Gasteiger charge is 2.14. The maximum atomic E-state index is 12.5.